The summed E-state index contributed by atoms with van der Waals surface area (Å²) in [4.78, 5) is 31.0. The Morgan fingerprint density at radius 1 is 1.23 bits per heavy atom. The SMILES string of the molecule is CNc1ccc(C(=O)NCC(O)[C@@H]2Cc3ccccc3CN2C(=O)OC(C)(C)C)cn1. The van der Waals surface area contributed by atoms with E-state index < -0.39 is 23.8 Å². The van der Waals surface area contributed by atoms with Gasteiger partial charge in [0.2, 0.25) is 0 Å². The zero-order chi connectivity index (χ0) is 22.6. The van der Waals surface area contributed by atoms with Crippen molar-refractivity contribution in [3.05, 3.63) is 59.3 Å². The normalized spacial score (nSPS) is 16.8. The Balaban J connectivity index is 1.71. The first-order chi connectivity index (χ1) is 14.7. The maximum Gasteiger partial charge on any atom is 0.410 e. The topological polar surface area (TPSA) is 104 Å². The monoisotopic (exact) mass is 426 g/mol. The lowest BCUT2D eigenvalue weighted by Gasteiger charge is -2.40. The number of benzene rings is 1. The molecule has 2 amide bonds. The first-order valence-corrected chi connectivity index (χ1v) is 10.3. The van der Waals surface area contributed by atoms with Crippen LogP contribution < -0.4 is 10.6 Å². The molecule has 166 valence electrons. The zero-order valence-electron chi connectivity index (χ0n) is 18.4. The van der Waals surface area contributed by atoms with Gasteiger partial charge in [-0.3, -0.25) is 9.69 Å². The number of pyridine rings is 1. The molecule has 2 aromatic rings. The van der Waals surface area contributed by atoms with Crippen LogP contribution in [-0.4, -0.2) is 58.3 Å². The van der Waals surface area contributed by atoms with Gasteiger partial charge in [-0.2, -0.15) is 0 Å². The van der Waals surface area contributed by atoms with Gasteiger partial charge < -0.3 is 20.5 Å². The lowest BCUT2D eigenvalue weighted by atomic mass is 9.91. The van der Waals surface area contributed by atoms with E-state index in [9.17, 15) is 14.7 Å². The summed E-state index contributed by atoms with van der Waals surface area (Å²) < 4.78 is 5.56. The molecule has 0 fully saturated rings. The standard InChI is InChI=1S/C23H30N4O4/c1-23(2,3)31-22(30)27-14-17-8-6-5-7-15(17)11-18(27)19(28)13-26-21(29)16-9-10-20(24-4)25-12-16/h5-10,12,18-19,28H,11,13-14H2,1-4H3,(H,24,25)(H,26,29)/t18-,19?/m0/s1. The molecule has 2 heterocycles. The minimum atomic E-state index is -0.964. The van der Waals surface area contributed by atoms with Crippen LogP contribution in [0.15, 0.2) is 42.6 Å². The van der Waals surface area contributed by atoms with Gasteiger partial charge in [-0.25, -0.2) is 9.78 Å². The number of carbonyl (C=O) groups is 2. The summed E-state index contributed by atoms with van der Waals surface area (Å²) in [5.41, 5.74) is 1.84. The zero-order valence-corrected chi connectivity index (χ0v) is 18.4. The van der Waals surface area contributed by atoms with E-state index >= 15 is 0 Å². The molecule has 0 spiro atoms. The summed E-state index contributed by atoms with van der Waals surface area (Å²) >= 11 is 0. The Hall–Kier alpha value is -3.13. The van der Waals surface area contributed by atoms with Crippen molar-refractivity contribution in [2.45, 2.75) is 51.5 Å². The maximum atomic E-state index is 12.8. The van der Waals surface area contributed by atoms with Crippen molar-refractivity contribution in [2.24, 2.45) is 0 Å². The Morgan fingerprint density at radius 3 is 2.55 bits per heavy atom. The minimum absolute atomic E-state index is 0.00125. The average Bonchev–Trinajstić information content (AvgIpc) is 2.75. The Kier molecular flexibility index (Phi) is 6.80. The summed E-state index contributed by atoms with van der Waals surface area (Å²) in [5, 5.41) is 16.5. The summed E-state index contributed by atoms with van der Waals surface area (Å²) in [6.07, 6.45) is 0.501. The number of amides is 2. The molecule has 0 radical (unpaired) electrons. The van der Waals surface area contributed by atoms with Crippen molar-refractivity contribution in [2.75, 3.05) is 18.9 Å². The molecular weight excluding hydrogens is 396 g/mol. The lowest BCUT2D eigenvalue weighted by Crippen LogP contribution is -2.54. The number of anilines is 1. The van der Waals surface area contributed by atoms with Gasteiger partial charge in [-0.1, -0.05) is 24.3 Å². The van der Waals surface area contributed by atoms with Crippen LogP contribution in [-0.2, 0) is 17.7 Å². The van der Waals surface area contributed by atoms with Crippen LogP contribution in [0.4, 0.5) is 10.6 Å². The van der Waals surface area contributed by atoms with Crippen molar-refractivity contribution < 1.29 is 19.4 Å². The van der Waals surface area contributed by atoms with Crippen LogP contribution in [0.3, 0.4) is 0 Å². The van der Waals surface area contributed by atoms with E-state index in [-0.39, 0.29) is 12.5 Å². The summed E-state index contributed by atoms with van der Waals surface area (Å²) in [6, 6.07) is 10.7. The number of nitrogens with one attached hydrogen (secondary N) is 2. The largest absolute Gasteiger partial charge is 0.444 e. The minimum Gasteiger partial charge on any atom is -0.444 e. The number of aliphatic hydroxyl groups excluding tert-OH is 1. The van der Waals surface area contributed by atoms with Crippen molar-refractivity contribution in [1.82, 2.24) is 15.2 Å². The molecule has 3 rings (SSSR count). The molecular formula is C23H30N4O4. The summed E-state index contributed by atoms with van der Waals surface area (Å²) in [5.74, 6) is 0.319. The van der Waals surface area contributed by atoms with Gasteiger partial charge in [0, 0.05) is 26.3 Å². The van der Waals surface area contributed by atoms with Crippen molar-refractivity contribution in [3.8, 4) is 0 Å². The second-order valence-corrected chi connectivity index (χ2v) is 8.61. The van der Waals surface area contributed by atoms with Crippen LogP contribution in [0.25, 0.3) is 0 Å². The van der Waals surface area contributed by atoms with Crippen molar-refractivity contribution >= 4 is 17.8 Å². The maximum absolute atomic E-state index is 12.8. The highest BCUT2D eigenvalue weighted by atomic mass is 16.6. The van der Waals surface area contributed by atoms with E-state index in [0.717, 1.165) is 11.1 Å². The highest BCUT2D eigenvalue weighted by molar-refractivity contribution is 5.94. The molecule has 0 saturated heterocycles. The summed E-state index contributed by atoms with van der Waals surface area (Å²) in [7, 11) is 1.75. The van der Waals surface area contributed by atoms with E-state index in [0.29, 0.717) is 24.3 Å². The molecule has 1 aliphatic rings. The number of carbonyl (C=O) groups excluding carboxylic acids is 2. The smallest absolute Gasteiger partial charge is 0.410 e. The van der Waals surface area contributed by atoms with Crippen LogP contribution >= 0.6 is 0 Å². The number of hydrogen-bond donors (Lipinski definition) is 3. The predicted octanol–water partition coefficient (Wildman–Crippen LogP) is 2.58. The number of aromatic nitrogens is 1. The van der Waals surface area contributed by atoms with Crippen LogP contribution in [0.5, 0.6) is 0 Å². The fourth-order valence-electron chi connectivity index (χ4n) is 3.52. The van der Waals surface area contributed by atoms with Gasteiger partial charge in [0.25, 0.3) is 5.91 Å². The molecule has 1 aromatic heterocycles. The molecule has 0 saturated carbocycles. The van der Waals surface area contributed by atoms with Crippen LogP contribution in [0.2, 0.25) is 0 Å². The van der Waals surface area contributed by atoms with E-state index in [1.54, 1.807) is 24.1 Å². The Bertz CT molecular complexity index is 924. The molecule has 2 atom stereocenters. The molecule has 0 bridgehead atoms. The van der Waals surface area contributed by atoms with Gasteiger partial charge in [-0.15, -0.1) is 0 Å². The molecule has 0 aliphatic carbocycles. The second kappa shape index (κ2) is 9.34. The van der Waals surface area contributed by atoms with Gasteiger partial charge in [-0.05, 0) is 50.5 Å². The molecule has 1 aromatic carbocycles. The molecule has 8 heteroatoms. The predicted molar refractivity (Wildman–Crippen MR) is 118 cm³/mol. The van der Waals surface area contributed by atoms with Crippen LogP contribution in [0, 0.1) is 0 Å². The number of fused-ring (bicyclic) bond motifs is 1. The number of ether oxygens (including phenoxy) is 1. The molecule has 31 heavy (non-hydrogen) atoms. The molecule has 3 N–H and O–H groups in total. The second-order valence-electron chi connectivity index (χ2n) is 8.61. The van der Waals surface area contributed by atoms with Crippen molar-refractivity contribution in [1.29, 1.82) is 0 Å². The summed E-state index contributed by atoms with van der Waals surface area (Å²) in [6.45, 7) is 5.76. The van der Waals surface area contributed by atoms with Gasteiger partial charge in [0.15, 0.2) is 0 Å². The quantitative estimate of drug-likeness (QED) is 0.679. The number of nitrogens with zero attached hydrogens (tertiary/aromatic N) is 2. The first-order valence-electron chi connectivity index (χ1n) is 10.3. The molecule has 8 nitrogen and oxygen atoms in total. The fourth-order valence-corrected chi connectivity index (χ4v) is 3.52. The lowest BCUT2D eigenvalue weighted by molar-refractivity contribution is -0.0113. The van der Waals surface area contributed by atoms with Gasteiger partial charge >= 0.3 is 6.09 Å². The molecule has 1 aliphatic heterocycles. The molecule has 1 unspecified atom stereocenters. The highest BCUT2D eigenvalue weighted by Gasteiger charge is 2.36. The third kappa shape index (κ3) is 5.73. The Morgan fingerprint density at radius 2 is 1.94 bits per heavy atom. The Labute approximate surface area is 182 Å². The van der Waals surface area contributed by atoms with Crippen molar-refractivity contribution in [3.63, 3.8) is 0 Å². The van der Waals surface area contributed by atoms with E-state index in [4.69, 9.17) is 4.74 Å². The highest BCUT2D eigenvalue weighted by Crippen LogP contribution is 2.27. The van der Waals surface area contributed by atoms with E-state index in [1.807, 2.05) is 45.0 Å². The van der Waals surface area contributed by atoms with E-state index in [2.05, 4.69) is 15.6 Å². The van der Waals surface area contributed by atoms with Gasteiger partial charge in [0.1, 0.15) is 11.4 Å². The third-order valence-corrected chi connectivity index (χ3v) is 5.11. The third-order valence-electron chi connectivity index (χ3n) is 5.11. The first kappa shape index (κ1) is 22.6. The number of aliphatic hydroxyl groups is 1. The average molecular weight is 427 g/mol. The van der Waals surface area contributed by atoms with Gasteiger partial charge in [0.05, 0.1) is 17.7 Å². The van der Waals surface area contributed by atoms with Crippen LogP contribution in [0.1, 0.15) is 42.3 Å². The fraction of sp³-hybridized carbons (Fsp3) is 0.435. The number of rotatable bonds is 5. The number of hydrogen-bond acceptors (Lipinski definition) is 6. The van der Waals surface area contributed by atoms with E-state index in [1.165, 1.54) is 6.20 Å².